The summed E-state index contributed by atoms with van der Waals surface area (Å²) in [5, 5.41) is 2.93. The van der Waals surface area contributed by atoms with Crippen molar-refractivity contribution in [2.45, 2.75) is 19.9 Å². The number of pyridine rings is 1. The van der Waals surface area contributed by atoms with Crippen LogP contribution < -0.4 is 5.32 Å². The topological polar surface area (TPSA) is 64.2 Å². The molecule has 0 aliphatic rings. The van der Waals surface area contributed by atoms with Gasteiger partial charge in [0.05, 0.1) is 18.4 Å². The second-order valence-corrected chi connectivity index (χ2v) is 6.31. The monoisotopic (exact) mass is 345 g/mol. The van der Waals surface area contributed by atoms with Gasteiger partial charge in [0.1, 0.15) is 5.65 Å². The van der Waals surface area contributed by atoms with Crippen molar-refractivity contribution in [3.63, 3.8) is 0 Å². The summed E-state index contributed by atoms with van der Waals surface area (Å²) < 4.78 is 3.95. The molecule has 4 aromatic rings. The summed E-state index contributed by atoms with van der Waals surface area (Å²) >= 11 is 0. The second-order valence-electron chi connectivity index (χ2n) is 6.31. The van der Waals surface area contributed by atoms with Crippen LogP contribution in [0.25, 0.3) is 5.65 Å². The standard InChI is InChI=1S/C20H19N5O/c1-15-3-2-9-25-13-18(23-20(15)25)11-19(26)22-17-6-4-16(5-7-17)12-24-10-8-21-14-24/h2-10,13-14H,11-12H2,1H3,(H,22,26). The molecule has 0 unspecified atom stereocenters. The van der Waals surface area contributed by atoms with E-state index in [1.165, 1.54) is 0 Å². The summed E-state index contributed by atoms with van der Waals surface area (Å²) in [6.45, 7) is 2.77. The lowest BCUT2D eigenvalue weighted by Gasteiger charge is -2.06. The summed E-state index contributed by atoms with van der Waals surface area (Å²) in [4.78, 5) is 20.9. The Kier molecular flexibility index (Phi) is 4.23. The lowest BCUT2D eigenvalue weighted by atomic mass is 10.2. The average molecular weight is 345 g/mol. The lowest BCUT2D eigenvalue weighted by Crippen LogP contribution is -2.14. The molecule has 0 bridgehead atoms. The highest BCUT2D eigenvalue weighted by molar-refractivity contribution is 5.92. The van der Waals surface area contributed by atoms with Gasteiger partial charge in [-0.25, -0.2) is 9.97 Å². The average Bonchev–Trinajstić information content (AvgIpc) is 3.26. The zero-order valence-corrected chi connectivity index (χ0v) is 14.5. The maximum absolute atomic E-state index is 12.3. The summed E-state index contributed by atoms with van der Waals surface area (Å²) in [6.07, 6.45) is 9.55. The number of carbonyl (C=O) groups excluding carboxylic acids is 1. The molecule has 3 aromatic heterocycles. The Hall–Kier alpha value is -3.41. The van der Waals surface area contributed by atoms with E-state index in [-0.39, 0.29) is 12.3 Å². The highest BCUT2D eigenvalue weighted by Crippen LogP contribution is 2.13. The minimum atomic E-state index is -0.0755. The second kappa shape index (κ2) is 6.84. The molecule has 0 saturated heterocycles. The van der Waals surface area contributed by atoms with E-state index in [0.29, 0.717) is 0 Å². The third kappa shape index (κ3) is 3.49. The number of amides is 1. The largest absolute Gasteiger partial charge is 0.333 e. The maximum atomic E-state index is 12.3. The fourth-order valence-corrected chi connectivity index (χ4v) is 2.94. The van der Waals surface area contributed by atoms with Crippen LogP contribution in [0, 0.1) is 6.92 Å². The van der Waals surface area contributed by atoms with Crippen molar-refractivity contribution in [1.29, 1.82) is 0 Å². The molecule has 0 aliphatic heterocycles. The van der Waals surface area contributed by atoms with Gasteiger partial charge < -0.3 is 14.3 Å². The Bertz CT molecular complexity index is 1030. The molecule has 0 aliphatic carbocycles. The molecular formula is C20H19N5O. The molecule has 26 heavy (non-hydrogen) atoms. The highest BCUT2D eigenvalue weighted by atomic mass is 16.1. The van der Waals surface area contributed by atoms with E-state index in [9.17, 15) is 4.79 Å². The van der Waals surface area contributed by atoms with Gasteiger partial charge in [0, 0.05) is 37.0 Å². The molecule has 0 saturated carbocycles. The number of carbonyl (C=O) groups is 1. The minimum Gasteiger partial charge on any atom is -0.333 e. The van der Waals surface area contributed by atoms with E-state index < -0.39 is 0 Å². The summed E-state index contributed by atoms with van der Waals surface area (Å²) in [7, 11) is 0. The number of imidazole rings is 2. The molecule has 0 fully saturated rings. The van der Waals surface area contributed by atoms with Gasteiger partial charge in [-0.1, -0.05) is 18.2 Å². The predicted molar refractivity (Wildman–Crippen MR) is 100 cm³/mol. The van der Waals surface area contributed by atoms with Gasteiger partial charge in [-0.05, 0) is 36.2 Å². The van der Waals surface area contributed by atoms with E-state index in [1.807, 2.05) is 70.9 Å². The molecule has 4 rings (SSSR count). The Morgan fingerprint density at radius 2 is 2.00 bits per heavy atom. The zero-order valence-electron chi connectivity index (χ0n) is 14.5. The van der Waals surface area contributed by atoms with E-state index >= 15 is 0 Å². The number of fused-ring (bicyclic) bond motifs is 1. The van der Waals surface area contributed by atoms with Gasteiger partial charge in [-0.15, -0.1) is 0 Å². The van der Waals surface area contributed by atoms with Crippen LogP contribution >= 0.6 is 0 Å². The molecular weight excluding hydrogens is 326 g/mol. The van der Waals surface area contributed by atoms with Gasteiger partial charge in [0.2, 0.25) is 5.91 Å². The molecule has 0 spiro atoms. The van der Waals surface area contributed by atoms with Gasteiger partial charge in [-0.3, -0.25) is 4.79 Å². The fourth-order valence-electron chi connectivity index (χ4n) is 2.94. The number of hydrogen-bond donors (Lipinski definition) is 1. The molecule has 0 radical (unpaired) electrons. The van der Waals surface area contributed by atoms with E-state index in [4.69, 9.17) is 0 Å². The highest BCUT2D eigenvalue weighted by Gasteiger charge is 2.09. The normalized spacial score (nSPS) is 11.0. The first-order valence-corrected chi connectivity index (χ1v) is 8.45. The molecule has 6 heteroatoms. The number of nitrogens with one attached hydrogen (secondary N) is 1. The third-order valence-electron chi connectivity index (χ3n) is 4.23. The number of rotatable bonds is 5. The van der Waals surface area contributed by atoms with Crippen molar-refractivity contribution in [3.05, 3.63) is 84.3 Å². The van der Waals surface area contributed by atoms with Crippen LogP contribution in [0.5, 0.6) is 0 Å². The minimum absolute atomic E-state index is 0.0755. The molecule has 0 atom stereocenters. The molecule has 1 N–H and O–H groups in total. The molecule has 1 aromatic carbocycles. The van der Waals surface area contributed by atoms with Crippen LogP contribution in [-0.4, -0.2) is 24.8 Å². The number of aryl methyl sites for hydroxylation is 1. The fraction of sp³-hybridized carbons (Fsp3) is 0.150. The number of anilines is 1. The van der Waals surface area contributed by atoms with Crippen LogP contribution in [0.1, 0.15) is 16.8 Å². The van der Waals surface area contributed by atoms with Crippen LogP contribution in [0.3, 0.4) is 0 Å². The summed E-state index contributed by atoms with van der Waals surface area (Å²) in [5.74, 6) is -0.0755. The Morgan fingerprint density at radius 1 is 1.15 bits per heavy atom. The van der Waals surface area contributed by atoms with Crippen LogP contribution in [0.15, 0.2) is 67.5 Å². The van der Waals surface area contributed by atoms with Crippen molar-refractivity contribution in [3.8, 4) is 0 Å². The lowest BCUT2D eigenvalue weighted by molar-refractivity contribution is -0.115. The van der Waals surface area contributed by atoms with E-state index in [0.717, 1.165) is 34.7 Å². The Labute approximate surface area is 151 Å². The van der Waals surface area contributed by atoms with Crippen LogP contribution in [0.4, 0.5) is 5.69 Å². The Balaban J connectivity index is 1.40. The van der Waals surface area contributed by atoms with Crippen LogP contribution in [0.2, 0.25) is 0 Å². The van der Waals surface area contributed by atoms with Crippen molar-refractivity contribution in [1.82, 2.24) is 18.9 Å². The van der Waals surface area contributed by atoms with Gasteiger partial charge in [0.25, 0.3) is 0 Å². The van der Waals surface area contributed by atoms with Gasteiger partial charge in [-0.2, -0.15) is 0 Å². The van der Waals surface area contributed by atoms with Crippen molar-refractivity contribution < 1.29 is 4.79 Å². The van der Waals surface area contributed by atoms with Gasteiger partial charge >= 0.3 is 0 Å². The van der Waals surface area contributed by atoms with Crippen LogP contribution in [-0.2, 0) is 17.8 Å². The van der Waals surface area contributed by atoms with Crippen molar-refractivity contribution in [2.24, 2.45) is 0 Å². The van der Waals surface area contributed by atoms with E-state index in [2.05, 4.69) is 15.3 Å². The van der Waals surface area contributed by atoms with E-state index in [1.54, 1.807) is 12.5 Å². The maximum Gasteiger partial charge on any atom is 0.230 e. The molecule has 3 heterocycles. The van der Waals surface area contributed by atoms with Gasteiger partial charge in [0.15, 0.2) is 0 Å². The quantitative estimate of drug-likeness (QED) is 0.605. The third-order valence-corrected chi connectivity index (χ3v) is 4.23. The number of aromatic nitrogens is 4. The zero-order chi connectivity index (χ0) is 17.9. The van der Waals surface area contributed by atoms with Crippen molar-refractivity contribution >= 4 is 17.2 Å². The van der Waals surface area contributed by atoms with Crippen molar-refractivity contribution in [2.75, 3.05) is 5.32 Å². The molecule has 6 nitrogen and oxygen atoms in total. The first-order chi connectivity index (χ1) is 12.7. The first-order valence-electron chi connectivity index (χ1n) is 8.45. The SMILES string of the molecule is Cc1cccn2cc(CC(=O)Nc3ccc(Cn4ccnc4)cc3)nc12. The predicted octanol–water partition coefficient (Wildman–Crippen LogP) is 3.07. The smallest absolute Gasteiger partial charge is 0.230 e. The summed E-state index contributed by atoms with van der Waals surface area (Å²) in [5.41, 5.74) is 4.67. The number of benzene rings is 1. The Morgan fingerprint density at radius 3 is 2.73 bits per heavy atom. The first kappa shape index (κ1) is 16.1. The molecule has 130 valence electrons. The summed E-state index contributed by atoms with van der Waals surface area (Å²) in [6, 6.07) is 11.8. The number of nitrogens with zero attached hydrogens (tertiary/aromatic N) is 4. The number of hydrogen-bond acceptors (Lipinski definition) is 3. The molecule has 1 amide bonds.